The van der Waals surface area contributed by atoms with Crippen molar-refractivity contribution in [3.63, 3.8) is 0 Å². The van der Waals surface area contributed by atoms with Crippen LogP contribution in [0, 0.1) is 5.41 Å². The van der Waals surface area contributed by atoms with Crippen LogP contribution in [0.15, 0.2) is 0 Å². The van der Waals surface area contributed by atoms with Crippen LogP contribution < -0.4 is 5.32 Å². The van der Waals surface area contributed by atoms with Gasteiger partial charge in [0.25, 0.3) is 0 Å². The monoisotopic (exact) mass is 215 g/mol. The zero-order valence-electron chi connectivity index (χ0n) is 9.03. The Morgan fingerprint density at radius 3 is 2.47 bits per heavy atom. The lowest BCUT2D eigenvalue weighted by Crippen LogP contribution is -2.21. The van der Waals surface area contributed by atoms with Crippen LogP contribution >= 0.6 is 0 Å². The molecule has 1 heterocycles. The van der Waals surface area contributed by atoms with E-state index in [2.05, 4.69) is 12.2 Å². The topological polar surface area (TPSA) is 86.6 Å². The maximum absolute atomic E-state index is 8.65. The van der Waals surface area contributed by atoms with Crippen molar-refractivity contribution in [1.82, 2.24) is 5.32 Å². The lowest BCUT2D eigenvalue weighted by molar-refractivity contribution is -0.191. The van der Waals surface area contributed by atoms with Gasteiger partial charge in [-0.2, -0.15) is 9.59 Å². The molecule has 0 radical (unpaired) electrons. The van der Waals surface area contributed by atoms with Crippen molar-refractivity contribution < 1.29 is 19.6 Å². The summed E-state index contributed by atoms with van der Waals surface area (Å²) < 4.78 is 0. The Morgan fingerprint density at radius 2 is 2.07 bits per heavy atom. The summed E-state index contributed by atoms with van der Waals surface area (Å²) in [4.78, 5) is 16.2. The fourth-order valence-electron chi connectivity index (χ4n) is 1.79. The van der Waals surface area contributed by atoms with Gasteiger partial charge in [0.2, 0.25) is 0 Å². The molecule has 1 rings (SSSR count). The fraction of sp³-hybridized carbons (Fsp3) is 0.889. The van der Waals surface area contributed by atoms with Gasteiger partial charge >= 0.3 is 13.3 Å². The quantitative estimate of drug-likeness (QED) is 0.558. The summed E-state index contributed by atoms with van der Waals surface area (Å²) in [5.74, 6) is 0. The molecule has 0 unspecified atom stereocenters. The van der Waals surface area contributed by atoms with Gasteiger partial charge in [-0.3, -0.25) is 0 Å². The average molecular weight is 215 g/mol. The van der Waals surface area contributed by atoms with Gasteiger partial charge in [-0.15, -0.1) is 0 Å². The Morgan fingerprint density at radius 1 is 1.47 bits per heavy atom. The minimum atomic E-state index is -1.12. The molecule has 0 aromatic carbocycles. The molecule has 1 atom stereocenters. The number of rotatable bonds is 4. The van der Waals surface area contributed by atoms with Crippen molar-refractivity contribution in [3.05, 3.63) is 0 Å². The third-order valence-corrected chi connectivity index (χ3v) is 2.70. The Labute approximate surface area is 90.0 Å². The summed E-state index contributed by atoms with van der Waals surface area (Å²) in [6.07, 6.45) is 3.98. The molecule has 0 saturated carbocycles. The highest BCUT2D eigenvalue weighted by atomic mass is 16.4. The summed E-state index contributed by atoms with van der Waals surface area (Å²) in [7, 11) is -1.12. The van der Waals surface area contributed by atoms with Crippen molar-refractivity contribution in [1.29, 1.82) is 0 Å². The zero-order valence-corrected chi connectivity index (χ0v) is 9.03. The van der Waals surface area contributed by atoms with Crippen LogP contribution in [0.3, 0.4) is 0 Å². The van der Waals surface area contributed by atoms with Crippen molar-refractivity contribution in [2.75, 3.05) is 13.1 Å². The predicted molar refractivity (Wildman–Crippen MR) is 54.8 cm³/mol. The minimum Gasteiger partial charge on any atom is -0.427 e. The molecule has 1 saturated heterocycles. The van der Waals surface area contributed by atoms with E-state index in [1.807, 2.05) is 0 Å². The second kappa shape index (κ2) is 7.60. The number of hydrogen-bond donors (Lipinski definition) is 3. The lowest BCUT2D eigenvalue weighted by atomic mass is 9.77. The van der Waals surface area contributed by atoms with E-state index in [4.69, 9.17) is 19.6 Å². The summed E-state index contributed by atoms with van der Waals surface area (Å²) in [5.41, 5.74) is 0.398. The maximum atomic E-state index is 8.65. The van der Waals surface area contributed by atoms with Crippen LogP contribution in [0.25, 0.3) is 0 Å². The molecule has 6 heteroatoms. The Bertz CT molecular complexity index is 198. The van der Waals surface area contributed by atoms with Crippen LogP contribution in [0.4, 0.5) is 0 Å². The predicted octanol–water partition coefficient (Wildman–Crippen LogP) is -0.345. The van der Waals surface area contributed by atoms with E-state index in [9.17, 15) is 0 Å². The molecule has 3 N–H and O–H groups in total. The van der Waals surface area contributed by atoms with E-state index >= 15 is 0 Å². The molecule has 15 heavy (non-hydrogen) atoms. The molecule has 0 aliphatic carbocycles. The van der Waals surface area contributed by atoms with E-state index in [1.54, 1.807) is 0 Å². The Hall–Kier alpha value is -0.675. The number of hydrogen-bond acceptors (Lipinski definition) is 5. The van der Waals surface area contributed by atoms with E-state index in [1.165, 1.54) is 6.42 Å². The van der Waals surface area contributed by atoms with Gasteiger partial charge in [0.15, 0.2) is 0 Å². The Balaban J connectivity index is 0.000000583. The SMILES string of the molecule is C[C@@]1(CCCB(O)O)CCNC1.O=C=O. The molecule has 5 nitrogen and oxygen atoms in total. The first kappa shape index (κ1) is 14.3. The van der Waals surface area contributed by atoms with E-state index in [0.29, 0.717) is 11.7 Å². The third-order valence-electron chi connectivity index (χ3n) is 2.70. The van der Waals surface area contributed by atoms with Gasteiger partial charge < -0.3 is 15.4 Å². The highest BCUT2D eigenvalue weighted by Crippen LogP contribution is 2.30. The van der Waals surface area contributed by atoms with Crippen LogP contribution in [-0.2, 0) is 9.59 Å². The van der Waals surface area contributed by atoms with Crippen molar-refractivity contribution in [3.8, 4) is 0 Å². The fourth-order valence-corrected chi connectivity index (χ4v) is 1.79. The molecule has 86 valence electrons. The van der Waals surface area contributed by atoms with Crippen LogP contribution in [0.1, 0.15) is 26.2 Å². The smallest absolute Gasteiger partial charge is 0.427 e. The van der Waals surface area contributed by atoms with Crippen LogP contribution in [0.2, 0.25) is 6.32 Å². The molecule has 0 aromatic rings. The van der Waals surface area contributed by atoms with Crippen molar-refractivity contribution in [2.45, 2.75) is 32.5 Å². The summed E-state index contributed by atoms with van der Waals surface area (Å²) >= 11 is 0. The van der Waals surface area contributed by atoms with Gasteiger partial charge in [-0.1, -0.05) is 13.3 Å². The lowest BCUT2D eigenvalue weighted by Gasteiger charge is -2.21. The zero-order chi connectivity index (χ0) is 11.7. The standard InChI is InChI=1S/C8H18BNO2.CO2/c1-8(4-6-10-7-8)3-2-5-9(11)12;2-1-3/h10-12H,2-7H2,1H3;/t8-;/m1./s1. The normalized spacial score (nSPS) is 23.9. The molecule has 0 bridgehead atoms. The molecule has 0 aromatic heterocycles. The molecule has 1 aliphatic rings. The minimum absolute atomic E-state index is 0.250. The molecular weight excluding hydrogens is 197 g/mol. The van der Waals surface area contributed by atoms with Crippen molar-refractivity contribution >= 4 is 13.3 Å². The molecule has 0 amide bonds. The highest BCUT2D eigenvalue weighted by Gasteiger charge is 2.27. The summed E-state index contributed by atoms with van der Waals surface area (Å²) in [6.45, 7) is 4.45. The van der Waals surface area contributed by atoms with Crippen LogP contribution in [-0.4, -0.2) is 36.4 Å². The van der Waals surface area contributed by atoms with E-state index < -0.39 is 7.12 Å². The third kappa shape index (κ3) is 7.28. The second-order valence-corrected chi connectivity index (χ2v) is 4.19. The second-order valence-electron chi connectivity index (χ2n) is 4.19. The van der Waals surface area contributed by atoms with Crippen LogP contribution in [0.5, 0.6) is 0 Å². The van der Waals surface area contributed by atoms with E-state index in [0.717, 1.165) is 25.9 Å². The molecule has 1 fully saturated rings. The van der Waals surface area contributed by atoms with Gasteiger partial charge in [-0.25, -0.2) is 0 Å². The van der Waals surface area contributed by atoms with Gasteiger partial charge in [-0.05, 0) is 31.1 Å². The molecule has 0 spiro atoms. The maximum Gasteiger partial charge on any atom is 0.451 e. The van der Waals surface area contributed by atoms with Crippen molar-refractivity contribution in [2.24, 2.45) is 5.41 Å². The van der Waals surface area contributed by atoms with Gasteiger partial charge in [0.1, 0.15) is 0 Å². The van der Waals surface area contributed by atoms with Gasteiger partial charge in [0, 0.05) is 6.54 Å². The molecule has 1 aliphatic heterocycles. The first-order valence-corrected chi connectivity index (χ1v) is 5.10. The highest BCUT2D eigenvalue weighted by molar-refractivity contribution is 6.40. The van der Waals surface area contributed by atoms with E-state index in [-0.39, 0.29) is 6.15 Å². The summed E-state index contributed by atoms with van der Waals surface area (Å²) in [5, 5.41) is 20.6. The average Bonchev–Trinajstić information content (AvgIpc) is 2.53. The largest absolute Gasteiger partial charge is 0.451 e. The first-order valence-electron chi connectivity index (χ1n) is 5.10. The summed E-state index contributed by atoms with van der Waals surface area (Å²) in [6, 6.07) is 0. The van der Waals surface area contributed by atoms with Gasteiger partial charge in [0.05, 0.1) is 0 Å². The number of carbonyl (C=O) groups excluding carboxylic acids is 2. The molecular formula is C9H18BNO4. The Kier molecular flexibility index (Phi) is 7.25. The first-order chi connectivity index (χ1) is 7.04. The number of nitrogens with one attached hydrogen (secondary N) is 1.